The second-order valence-corrected chi connectivity index (χ2v) is 32.0. The van der Waals surface area contributed by atoms with Crippen molar-refractivity contribution in [2.45, 2.75) is 63.8 Å². The number of hydrogen-bond donors (Lipinski definition) is 0. The summed E-state index contributed by atoms with van der Waals surface area (Å²) < 4.78 is 44.7. The summed E-state index contributed by atoms with van der Waals surface area (Å²) in [6.07, 6.45) is 0.870. The van der Waals surface area contributed by atoms with Gasteiger partial charge in [-0.05, 0) is 73.4 Å². The van der Waals surface area contributed by atoms with Gasteiger partial charge in [0.2, 0.25) is 16.6 Å². The highest BCUT2D eigenvalue weighted by molar-refractivity contribution is 7.02. The lowest BCUT2D eigenvalue weighted by atomic mass is 10.4. The molecule has 0 heterocycles. The van der Waals surface area contributed by atoms with E-state index in [0.29, 0.717) is 6.61 Å². The molecule has 0 saturated carbocycles. The minimum absolute atomic E-state index is 0.686. The Hall–Kier alpha value is -1.32. The molecule has 0 aliphatic carbocycles. The topological polar surface area (TPSA) is 64.6 Å². The molecule has 3 aromatic carbocycles. The minimum atomic E-state index is -2.80. The van der Waals surface area contributed by atoms with Gasteiger partial charge in [-0.15, -0.1) is 0 Å². The molecule has 1 unspecified atom stereocenters. The molecular weight excluding hydrogens is 665 g/mol. The molecule has 0 N–H and O–H groups in total. The molecule has 0 saturated heterocycles. The normalized spacial score (nSPS) is 14.6. The van der Waals surface area contributed by atoms with E-state index in [2.05, 4.69) is 130 Å². The van der Waals surface area contributed by atoms with E-state index in [0.717, 1.165) is 24.6 Å². The highest BCUT2D eigenvalue weighted by Gasteiger charge is 2.48. The summed E-state index contributed by atoms with van der Waals surface area (Å²) in [6, 6.07) is 34.5. The third-order valence-corrected chi connectivity index (χ3v) is 29.8. The second kappa shape index (κ2) is 17.2. The van der Waals surface area contributed by atoms with E-state index in [-0.39, 0.29) is 0 Å². The van der Waals surface area contributed by atoms with Gasteiger partial charge in [-0.25, -0.2) is 0 Å². The number of hydrogen-bond acceptors (Lipinski definition) is 7. The molecule has 3 rings (SSSR count). The fourth-order valence-electron chi connectivity index (χ4n) is 5.95. The fourth-order valence-corrected chi connectivity index (χ4v) is 29.6. The van der Waals surface area contributed by atoms with Gasteiger partial charge in [-0.2, -0.15) is 0 Å². The van der Waals surface area contributed by atoms with Crippen LogP contribution in [0.1, 0.15) is 6.42 Å². The van der Waals surface area contributed by atoms with Gasteiger partial charge < -0.3 is 30.0 Å². The summed E-state index contributed by atoms with van der Waals surface area (Å²) in [5.74, 6) is 0. The van der Waals surface area contributed by atoms with E-state index in [1.54, 1.807) is 21.3 Å². The first kappa shape index (κ1) is 38.1. The fraction of sp³-hybridized carbons (Fsp3) is 0.438. The van der Waals surface area contributed by atoms with E-state index >= 15 is 0 Å². The number of rotatable bonds is 20. The van der Waals surface area contributed by atoms with Crippen LogP contribution in [0.3, 0.4) is 0 Å². The number of benzene rings is 3. The summed E-state index contributed by atoms with van der Waals surface area (Å²) in [7, 11) is -8.58. The van der Waals surface area contributed by atoms with Gasteiger partial charge in [-0.1, -0.05) is 91.0 Å². The van der Waals surface area contributed by atoms with Gasteiger partial charge >= 0.3 is 25.9 Å². The summed E-state index contributed by atoms with van der Waals surface area (Å²) in [5.41, 5.74) is 0. The molecule has 0 aliphatic heterocycles. The van der Waals surface area contributed by atoms with Crippen LogP contribution in [0.15, 0.2) is 91.0 Å². The first-order chi connectivity index (χ1) is 21.3. The quantitative estimate of drug-likeness (QED) is 0.119. The van der Waals surface area contributed by atoms with Gasteiger partial charge in [0.1, 0.15) is 0 Å². The average molecular weight is 719 g/mol. The molecule has 0 aromatic heterocycles. The molecular formula is C32H54O7Si6. The van der Waals surface area contributed by atoms with E-state index in [4.69, 9.17) is 30.0 Å². The van der Waals surface area contributed by atoms with Crippen molar-refractivity contribution in [2.75, 3.05) is 27.9 Å². The molecule has 0 fully saturated rings. The van der Waals surface area contributed by atoms with E-state index < -0.39 is 52.3 Å². The van der Waals surface area contributed by atoms with E-state index in [1.165, 1.54) is 15.6 Å². The maximum atomic E-state index is 7.51. The van der Waals surface area contributed by atoms with E-state index in [9.17, 15) is 0 Å². The minimum Gasteiger partial charge on any atom is -0.433 e. The van der Waals surface area contributed by atoms with Crippen LogP contribution in [0.5, 0.6) is 0 Å². The van der Waals surface area contributed by atoms with Crippen LogP contribution in [-0.2, 0) is 30.0 Å². The Morgan fingerprint density at radius 2 is 1.02 bits per heavy atom. The molecule has 248 valence electrons. The van der Waals surface area contributed by atoms with Gasteiger partial charge in [0.15, 0.2) is 9.76 Å². The molecule has 0 radical (unpaired) electrons. The molecule has 0 spiro atoms. The summed E-state index contributed by atoms with van der Waals surface area (Å²) >= 11 is 0. The molecule has 13 heteroatoms. The highest BCUT2D eigenvalue weighted by atomic mass is 28.5. The van der Waals surface area contributed by atoms with Crippen LogP contribution >= 0.6 is 0 Å². The van der Waals surface area contributed by atoms with Crippen molar-refractivity contribution in [3.8, 4) is 0 Å². The SMILES string of the molecule is CO[Si](CC[SiH2]OCCC[Si](C)(O[Si](C)(C)O[Si](C)(C)c1ccccc1)O[Si](C)(c1ccccc1)c1ccccc1)(OC)OC. The Labute approximate surface area is 279 Å². The van der Waals surface area contributed by atoms with E-state index in [1.807, 2.05) is 0 Å². The zero-order chi connectivity index (χ0) is 33.0. The largest absolute Gasteiger partial charge is 0.499 e. The second-order valence-electron chi connectivity index (χ2n) is 12.6. The molecule has 0 aliphatic rings. The Bertz CT molecular complexity index is 1220. The van der Waals surface area contributed by atoms with Crippen LogP contribution in [0.25, 0.3) is 0 Å². The Balaban J connectivity index is 1.81. The van der Waals surface area contributed by atoms with Crippen LogP contribution in [0.4, 0.5) is 0 Å². The summed E-state index contributed by atoms with van der Waals surface area (Å²) in [6.45, 7) is 14.1. The summed E-state index contributed by atoms with van der Waals surface area (Å²) in [5, 5.41) is 3.75. The predicted octanol–water partition coefficient (Wildman–Crippen LogP) is 5.10. The van der Waals surface area contributed by atoms with Crippen LogP contribution < -0.4 is 15.6 Å². The van der Waals surface area contributed by atoms with Crippen LogP contribution in [0.2, 0.25) is 57.4 Å². The van der Waals surface area contributed by atoms with Crippen molar-refractivity contribution < 1.29 is 30.0 Å². The van der Waals surface area contributed by atoms with Gasteiger partial charge in [-0.3, -0.25) is 0 Å². The van der Waals surface area contributed by atoms with Crippen molar-refractivity contribution >= 4 is 67.9 Å². The third kappa shape index (κ3) is 11.1. The predicted molar refractivity (Wildman–Crippen MR) is 200 cm³/mol. The molecule has 3 aromatic rings. The Kier molecular flexibility index (Phi) is 14.6. The van der Waals surface area contributed by atoms with Crippen molar-refractivity contribution in [2.24, 2.45) is 0 Å². The molecule has 7 nitrogen and oxygen atoms in total. The van der Waals surface area contributed by atoms with Gasteiger partial charge in [0.05, 0.1) is 0 Å². The Morgan fingerprint density at radius 1 is 0.556 bits per heavy atom. The maximum Gasteiger partial charge on any atom is 0.499 e. The van der Waals surface area contributed by atoms with Crippen molar-refractivity contribution in [3.05, 3.63) is 91.0 Å². The van der Waals surface area contributed by atoms with Crippen LogP contribution in [-0.4, -0.2) is 80.3 Å². The Morgan fingerprint density at radius 3 is 1.49 bits per heavy atom. The molecule has 1 atom stereocenters. The lowest BCUT2D eigenvalue weighted by Crippen LogP contribution is -2.66. The van der Waals surface area contributed by atoms with Crippen molar-refractivity contribution in [3.63, 3.8) is 0 Å². The standard InChI is InChI=1S/C32H54O7Si6/c1-33-45(34-2,35-3)29-27-40-36-26-19-28-43(8,38-42(6,7)37-41(4,5)30-20-13-10-14-21-30)39-44(9,31-22-15-11-16-23-31)32-24-17-12-18-25-32/h10-18,20-25H,19,26-29,40H2,1-9H3. The van der Waals surface area contributed by atoms with Crippen LogP contribution in [0, 0.1) is 0 Å². The van der Waals surface area contributed by atoms with Crippen molar-refractivity contribution in [1.82, 2.24) is 0 Å². The molecule has 0 amide bonds. The monoisotopic (exact) mass is 718 g/mol. The first-order valence-corrected chi connectivity index (χ1v) is 30.0. The summed E-state index contributed by atoms with van der Waals surface area (Å²) in [4.78, 5) is 0. The molecule has 0 bridgehead atoms. The first-order valence-electron chi connectivity index (χ1n) is 15.8. The van der Waals surface area contributed by atoms with Gasteiger partial charge in [0, 0.05) is 34.0 Å². The lowest BCUT2D eigenvalue weighted by molar-refractivity contribution is 0.125. The zero-order valence-electron chi connectivity index (χ0n) is 28.8. The third-order valence-electron chi connectivity index (χ3n) is 8.13. The maximum absolute atomic E-state index is 7.51. The van der Waals surface area contributed by atoms with Gasteiger partial charge in [0.25, 0.3) is 0 Å². The lowest BCUT2D eigenvalue weighted by Gasteiger charge is -2.43. The zero-order valence-corrected chi connectivity index (χ0v) is 35.2. The highest BCUT2D eigenvalue weighted by Crippen LogP contribution is 2.28. The average Bonchev–Trinajstić information content (AvgIpc) is 3.03. The van der Waals surface area contributed by atoms with Crippen molar-refractivity contribution in [1.29, 1.82) is 0 Å². The molecule has 45 heavy (non-hydrogen) atoms. The smallest absolute Gasteiger partial charge is 0.433 e.